The number of fused-ring (bicyclic) bond motifs is 9. The molecule has 0 saturated carbocycles. The standard InChI is InChI=1S/C31H23N/c1-31(2)27-13-6-5-12-25(27)26-16-15-23(19-28(26)31)32-22-10-7-9-21(18-22)30-24-11-4-3-8-20(24)14-17-29(30)32/h3-19H,1-2H3. The highest BCUT2D eigenvalue weighted by atomic mass is 15.1. The maximum atomic E-state index is 2.42. The van der Waals surface area contributed by atoms with Gasteiger partial charge >= 0.3 is 0 Å². The first kappa shape index (κ1) is 17.8. The summed E-state index contributed by atoms with van der Waals surface area (Å²) in [5, 5.41) is 2.59. The molecule has 0 aromatic heterocycles. The molecule has 0 unspecified atom stereocenters. The molecule has 0 spiro atoms. The van der Waals surface area contributed by atoms with Gasteiger partial charge in [0.25, 0.3) is 0 Å². The van der Waals surface area contributed by atoms with E-state index in [1.54, 1.807) is 0 Å². The average molecular weight is 410 g/mol. The van der Waals surface area contributed by atoms with Gasteiger partial charge in [0, 0.05) is 22.4 Å². The van der Waals surface area contributed by atoms with Gasteiger partial charge in [-0.25, -0.2) is 0 Å². The van der Waals surface area contributed by atoms with Crippen LogP contribution in [0.5, 0.6) is 0 Å². The number of anilines is 3. The van der Waals surface area contributed by atoms with Gasteiger partial charge in [-0.1, -0.05) is 86.6 Å². The van der Waals surface area contributed by atoms with E-state index >= 15 is 0 Å². The van der Waals surface area contributed by atoms with Crippen LogP contribution in [0.4, 0.5) is 17.1 Å². The fourth-order valence-electron chi connectivity index (χ4n) is 5.81. The van der Waals surface area contributed by atoms with Gasteiger partial charge in [0.15, 0.2) is 0 Å². The predicted octanol–water partition coefficient (Wildman–Crippen LogP) is 8.60. The second kappa shape index (κ2) is 6.11. The lowest BCUT2D eigenvalue weighted by atomic mass is 9.82. The van der Waals surface area contributed by atoms with Gasteiger partial charge in [-0.2, -0.15) is 0 Å². The van der Waals surface area contributed by atoms with E-state index in [-0.39, 0.29) is 5.41 Å². The van der Waals surface area contributed by atoms with Crippen molar-refractivity contribution in [2.75, 3.05) is 4.90 Å². The Labute approximate surface area is 188 Å². The van der Waals surface area contributed by atoms with Gasteiger partial charge in [0.05, 0.1) is 5.69 Å². The van der Waals surface area contributed by atoms with Crippen LogP contribution in [-0.4, -0.2) is 0 Å². The van der Waals surface area contributed by atoms with Gasteiger partial charge in [0.1, 0.15) is 0 Å². The normalized spacial score (nSPS) is 14.8. The highest BCUT2D eigenvalue weighted by molar-refractivity contribution is 6.07. The molecular weight excluding hydrogens is 386 g/mol. The second-order valence-corrected chi connectivity index (χ2v) is 9.47. The third-order valence-corrected chi connectivity index (χ3v) is 7.37. The van der Waals surface area contributed by atoms with Crippen LogP contribution in [0.2, 0.25) is 0 Å². The largest absolute Gasteiger partial charge is 0.310 e. The molecular formula is C31H23N. The molecule has 0 radical (unpaired) electrons. The van der Waals surface area contributed by atoms with Gasteiger partial charge in [0.2, 0.25) is 0 Å². The molecule has 5 aromatic rings. The van der Waals surface area contributed by atoms with Crippen molar-refractivity contribution in [2.24, 2.45) is 0 Å². The van der Waals surface area contributed by atoms with Crippen LogP contribution in [0, 0.1) is 0 Å². The Morgan fingerprint density at radius 2 is 1.38 bits per heavy atom. The van der Waals surface area contributed by atoms with E-state index in [1.807, 2.05) is 0 Å². The van der Waals surface area contributed by atoms with E-state index in [9.17, 15) is 0 Å². The number of benzene rings is 5. The van der Waals surface area contributed by atoms with Crippen molar-refractivity contribution in [2.45, 2.75) is 19.3 Å². The Morgan fingerprint density at radius 3 is 2.31 bits per heavy atom. The minimum atomic E-state index is -0.00815. The van der Waals surface area contributed by atoms with Gasteiger partial charge in [-0.15, -0.1) is 0 Å². The monoisotopic (exact) mass is 409 g/mol. The molecule has 0 fully saturated rings. The first-order chi connectivity index (χ1) is 15.6. The zero-order valence-corrected chi connectivity index (χ0v) is 18.3. The molecule has 0 amide bonds. The van der Waals surface area contributed by atoms with Gasteiger partial charge < -0.3 is 4.90 Å². The van der Waals surface area contributed by atoms with Crippen LogP contribution in [0.1, 0.15) is 25.0 Å². The van der Waals surface area contributed by atoms with Crippen molar-refractivity contribution >= 4 is 27.8 Å². The maximum Gasteiger partial charge on any atom is 0.0546 e. The average Bonchev–Trinajstić information content (AvgIpc) is 3.06. The Hall–Kier alpha value is -3.84. The topological polar surface area (TPSA) is 3.24 Å². The molecule has 2 aliphatic rings. The molecule has 2 bridgehead atoms. The fourth-order valence-corrected chi connectivity index (χ4v) is 5.81. The molecule has 152 valence electrons. The molecule has 1 heterocycles. The molecule has 0 atom stereocenters. The summed E-state index contributed by atoms with van der Waals surface area (Å²) in [7, 11) is 0. The van der Waals surface area contributed by atoms with Gasteiger partial charge in [-0.05, 0) is 68.9 Å². The van der Waals surface area contributed by atoms with E-state index in [0.717, 1.165) is 0 Å². The van der Waals surface area contributed by atoms with Crippen molar-refractivity contribution < 1.29 is 0 Å². The molecule has 32 heavy (non-hydrogen) atoms. The van der Waals surface area contributed by atoms with Crippen LogP contribution in [-0.2, 0) is 5.41 Å². The number of hydrogen-bond acceptors (Lipinski definition) is 1. The van der Waals surface area contributed by atoms with Crippen molar-refractivity contribution in [3.63, 3.8) is 0 Å². The van der Waals surface area contributed by atoms with Crippen molar-refractivity contribution in [1.82, 2.24) is 0 Å². The van der Waals surface area contributed by atoms with Gasteiger partial charge in [-0.3, -0.25) is 0 Å². The van der Waals surface area contributed by atoms with E-state index in [1.165, 1.54) is 61.2 Å². The highest BCUT2D eigenvalue weighted by Gasteiger charge is 2.36. The summed E-state index contributed by atoms with van der Waals surface area (Å²) in [6.07, 6.45) is 0. The molecule has 0 saturated heterocycles. The van der Waals surface area contributed by atoms with Crippen molar-refractivity contribution in [1.29, 1.82) is 0 Å². The first-order valence-electron chi connectivity index (χ1n) is 11.3. The molecule has 1 heteroatoms. The molecule has 1 aliphatic carbocycles. The Kier molecular flexibility index (Phi) is 3.40. The molecule has 1 aliphatic heterocycles. The summed E-state index contributed by atoms with van der Waals surface area (Å²) in [5.74, 6) is 0. The lowest BCUT2D eigenvalue weighted by Crippen LogP contribution is -2.17. The third-order valence-electron chi connectivity index (χ3n) is 7.37. The van der Waals surface area contributed by atoms with Crippen LogP contribution < -0.4 is 4.90 Å². The van der Waals surface area contributed by atoms with Crippen LogP contribution in [0.3, 0.4) is 0 Å². The van der Waals surface area contributed by atoms with Crippen LogP contribution in [0.25, 0.3) is 33.0 Å². The van der Waals surface area contributed by atoms with Crippen LogP contribution in [0.15, 0.2) is 103 Å². The highest BCUT2D eigenvalue weighted by Crippen LogP contribution is 2.53. The first-order valence-corrected chi connectivity index (χ1v) is 11.3. The second-order valence-electron chi connectivity index (χ2n) is 9.47. The molecule has 0 N–H and O–H groups in total. The predicted molar refractivity (Wildman–Crippen MR) is 135 cm³/mol. The summed E-state index contributed by atoms with van der Waals surface area (Å²) in [5.41, 5.74) is 11.8. The van der Waals surface area contributed by atoms with Crippen molar-refractivity contribution in [3.8, 4) is 22.3 Å². The van der Waals surface area contributed by atoms with E-state index < -0.39 is 0 Å². The zero-order chi connectivity index (χ0) is 21.4. The molecule has 5 aromatic carbocycles. The van der Waals surface area contributed by atoms with E-state index in [2.05, 4.69) is 122 Å². The van der Waals surface area contributed by atoms with E-state index in [4.69, 9.17) is 0 Å². The zero-order valence-electron chi connectivity index (χ0n) is 18.3. The van der Waals surface area contributed by atoms with Crippen LogP contribution >= 0.6 is 0 Å². The minimum absolute atomic E-state index is 0.00815. The summed E-state index contributed by atoms with van der Waals surface area (Å²) < 4.78 is 0. The summed E-state index contributed by atoms with van der Waals surface area (Å²) in [6.45, 7) is 4.69. The number of nitrogens with zero attached hydrogens (tertiary/aromatic N) is 1. The smallest absolute Gasteiger partial charge is 0.0546 e. The Bertz CT molecular complexity index is 1560. The maximum absolute atomic E-state index is 2.42. The summed E-state index contributed by atoms with van der Waals surface area (Å²) >= 11 is 0. The minimum Gasteiger partial charge on any atom is -0.310 e. The Morgan fingerprint density at radius 1 is 0.594 bits per heavy atom. The quantitative estimate of drug-likeness (QED) is 0.263. The van der Waals surface area contributed by atoms with Crippen molar-refractivity contribution in [3.05, 3.63) is 114 Å². The number of hydrogen-bond donors (Lipinski definition) is 0. The third kappa shape index (κ3) is 2.23. The lowest BCUT2D eigenvalue weighted by molar-refractivity contribution is 0.660. The summed E-state index contributed by atoms with van der Waals surface area (Å²) in [6, 6.07) is 38.0. The lowest BCUT2D eigenvalue weighted by Gasteiger charge is -2.33. The molecule has 7 rings (SSSR count). The Balaban J connectivity index is 1.48. The fraction of sp³-hybridized carbons (Fsp3) is 0.0968. The SMILES string of the molecule is CC1(C)c2ccccc2-c2ccc(N3c4cccc(c4)-c4c3ccc3ccccc43)cc21. The van der Waals surface area contributed by atoms with E-state index in [0.29, 0.717) is 0 Å². The molecule has 1 nitrogen and oxygen atoms in total. The summed E-state index contributed by atoms with van der Waals surface area (Å²) in [4.78, 5) is 2.42. The number of rotatable bonds is 1.